The van der Waals surface area contributed by atoms with Crippen LogP contribution in [-0.4, -0.2) is 36.6 Å². The van der Waals surface area contributed by atoms with E-state index in [0.29, 0.717) is 5.69 Å². The van der Waals surface area contributed by atoms with Gasteiger partial charge >= 0.3 is 0 Å². The van der Waals surface area contributed by atoms with Gasteiger partial charge in [0.25, 0.3) is 10.0 Å². The fraction of sp³-hybridized carbons (Fsp3) is 0.357. The third kappa shape index (κ3) is 3.43. The van der Waals surface area contributed by atoms with Gasteiger partial charge in [-0.15, -0.1) is 0 Å². The molecule has 2 N–H and O–H groups in total. The summed E-state index contributed by atoms with van der Waals surface area (Å²) in [7, 11) is -3.58. The lowest BCUT2D eigenvalue weighted by Gasteiger charge is -2.14. The smallest absolute Gasteiger partial charge is 0.278 e. The highest BCUT2D eigenvalue weighted by Crippen LogP contribution is 2.17. The number of H-pyrrole nitrogens is 1. The van der Waals surface area contributed by atoms with Crippen molar-refractivity contribution in [3.8, 4) is 0 Å². The Morgan fingerprint density at radius 1 is 1.14 bits per heavy atom. The number of nitrogens with zero attached hydrogens (tertiary/aromatic N) is 2. The number of hydrogen-bond donors (Lipinski definition) is 2. The van der Waals surface area contributed by atoms with Gasteiger partial charge in [-0.2, -0.15) is 13.5 Å². The number of hydrogen-bond acceptors (Lipinski definition) is 4. The van der Waals surface area contributed by atoms with E-state index in [2.05, 4.69) is 19.8 Å². The molecule has 0 amide bonds. The summed E-state index contributed by atoms with van der Waals surface area (Å²) in [6.45, 7) is 3.22. The Morgan fingerprint density at radius 3 is 2.48 bits per heavy atom. The van der Waals surface area contributed by atoms with Crippen LogP contribution in [0.25, 0.3) is 0 Å². The van der Waals surface area contributed by atoms with Crippen LogP contribution in [-0.2, 0) is 16.6 Å². The van der Waals surface area contributed by atoms with Crippen molar-refractivity contribution in [2.45, 2.75) is 24.4 Å². The van der Waals surface area contributed by atoms with Crippen LogP contribution in [0.2, 0.25) is 0 Å². The van der Waals surface area contributed by atoms with E-state index in [1.165, 1.54) is 30.7 Å². The second-order valence-electron chi connectivity index (χ2n) is 5.21. The molecule has 0 atom stereocenters. The third-order valence-corrected chi connectivity index (χ3v) is 4.89. The minimum Gasteiger partial charge on any atom is -0.299 e. The quantitative estimate of drug-likeness (QED) is 0.883. The molecule has 0 spiro atoms. The fourth-order valence-electron chi connectivity index (χ4n) is 2.48. The minimum atomic E-state index is -3.58. The van der Waals surface area contributed by atoms with E-state index < -0.39 is 10.0 Å². The molecule has 6 nitrogen and oxygen atoms in total. The molecule has 1 saturated heterocycles. The maximum atomic E-state index is 12.0. The summed E-state index contributed by atoms with van der Waals surface area (Å²) in [5, 5.41) is 6.16. The van der Waals surface area contributed by atoms with E-state index in [1.54, 1.807) is 12.1 Å². The molecule has 0 unspecified atom stereocenters. The molecule has 1 aromatic heterocycles. The first-order valence-electron chi connectivity index (χ1n) is 6.97. The van der Waals surface area contributed by atoms with Crippen LogP contribution in [0.15, 0.2) is 41.6 Å². The van der Waals surface area contributed by atoms with Crippen LogP contribution in [0.4, 0.5) is 5.69 Å². The van der Waals surface area contributed by atoms with Gasteiger partial charge in [-0.3, -0.25) is 14.7 Å². The predicted molar refractivity (Wildman–Crippen MR) is 80.3 cm³/mol. The molecule has 0 aliphatic carbocycles. The second-order valence-corrected chi connectivity index (χ2v) is 6.86. The Bertz CT molecular complexity index is 674. The number of likely N-dealkylation sites (tertiary alicyclic amines) is 1. The summed E-state index contributed by atoms with van der Waals surface area (Å²) in [5.41, 5.74) is 1.75. The average Bonchev–Trinajstić information content (AvgIpc) is 3.13. The molecule has 1 aromatic carbocycles. The number of rotatable bonds is 5. The largest absolute Gasteiger partial charge is 0.299 e. The Morgan fingerprint density at radius 2 is 1.86 bits per heavy atom. The SMILES string of the molecule is O=S(=O)(Nc1ccc(CN2CCCC2)cc1)c1ccn[nH]1. The van der Waals surface area contributed by atoms with E-state index in [1.807, 2.05) is 12.1 Å². The molecule has 21 heavy (non-hydrogen) atoms. The molecule has 0 radical (unpaired) electrons. The highest BCUT2D eigenvalue weighted by atomic mass is 32.2. The molecule has 7 heteroatoms. The van der Waals surface area contributed by atoms with Crippen molar-refractivity contribution in [3.63, 3.8) is 0 Å². The first kappa shape index (κ1) is 14.1. The molecule has 112 valence electrons. The monoisotopic (exact) mass is 306 g/mol. The number of nitrogens with one attached hydrogen (secondary N) is 2. The third-order valence-electron chi connectivity index (χ3n) is 3.58. The molecular weight excluding hydrogens is 288 g/mol. The molecule has 1 aliphatic heterocycles. The van der Waals surface area contributed by atoms with Crippen molar-refractivity contribution in [1.29, 1.82) is 0 Å². The highest BCUT2D eigenvalue weighted by molar-refractivity contribution is 7.92. The van der Waals surface area contributed by atoms with Gasteiger partial charge in [0.1, 0.15) is 0 Å². The van der Waals surface area contributed by atoms with Crippen molar-refractivity contribution >= 4 is 15.7 Å². The molecule has 1 fully saturated rings. The number of benzene rings is 1. The Hall–Kier alpha value is -1.86. The second kappa shape index (κ2) is 5.87. The van der Waals surface area contributed by atoms with Crippen molar-refractivity contribution in [2.75, 3.05) is 17.8 Å². The van der Waals surface area contributed by atoms with Gasteiger partial charge in [0.15, 0.2) is 5.03 Å². The average molecular weight is 306 g/mol. The summed E-state index contributed by atoms with van der Waals surface area (Å²) in [4.78, 5) is 2.41. The standard InChI is InChI=1S/C14H18N4O2S/c19-21(20,14-7-8-15-16-14)17-13-5-3-12(4-6-13)11-18-9-1-2-10-18/h3-8,17H,1-2,9-11H2,(H,15,16). The van der Waals surface area contributed by atoms with Crippen LogP contribution in [0.3, 0.4) is 0 Å². The molecule has 1 aliphatic rings. The topological polar surface area (TPSA) is 78.1 Å². The van der Waals surface area contributed by atoms with Crippen LogP contribution in [0, 0.1) is 0 Å². The molecular formula is C14H18N4O2S. The molecule has 2 heterocycles. The maximum Gasteiger partial charge on any atom is 0.278 e. The lowest BCUT2D eigenvalue weighted by molar-refractivity contribution is 0.331. The van der Waals surface area contributed by atoms with E-state index in [4.69, 9.17) is 0 Å². The zero-order valence-electron chi connectivity index (χ0n) is 11.6. The zero-order valence-corrected chi connectivity index (χ0v) is 12.4. The van der Waals surface area contributed by atoms with Crippen molar-refractivity contribution < 1.29 is 8.42 Å². The summed E-state index contributed by atoms with van der Waals surface area (Å²) in [6, 6.07) is 8.93. The predicted octanol–water partition coefficient (Wildman–Crippen LogP) is 1.81. The van der Waals surface area contributed by atoms with Crippen molar-refractivity contribution in [3.05, 3.63) is 42.1 Å². The number of sulfonamides is 1. The van der Waals surface area contributed by atoms with E-state index >= 15 is 0 Å². The molecule has 0 bridgehead atoms. The van der Waals surface area contributed by atoms with E-state index in [0.717, 1.165) is 19.6 Å². The Balaban J connectivity index is 1.67. The van der Waals surface area contributed by atoms with E-state index in [-0.39, 0.29) is 5.03 Å². The summed E-state index contributed by atoms with van der Waals surface area (Å²) < 4.78 is 26.6. The summed E-state index contributed by atoms with van der Waals surface area (Å²) in [6.07, 6.45) is 3.94. The number of anilines is 1. The normalized spacial score (nSPS) is 16.2. The maximum absolute atomic E-state index is 12.0. The van der Waals surface area contributed by atoms with Gasteiger partial charge in [-0.1, -0.05) is 12.1 Å². The Kier molecular flexibility index (Phi) is 3.94. The molecule has 0 saturated carbocycles. The number of aromatic amines is 1. The lowest BCUT2D eigenvalue weighted by Crippen LogP contribution is -2.18. The van der Waals surface area contributed by atoms with Gasteiger partial charge in [0.05, 0.1) is 6.20 Å². The van der Waals surface area contributed by atoms with Gasteiger partial charge in [0.2, 0.25) is 0 Å². The highest BCUT2D eigenvalue weighted by Gasteiger charge is 2.15. The van der Waals surface area contributed by atoms with Crippen LogP contribution >= 0.6 is 0 Å². The zero-order chi connectivity index (χ0) is 14.7. The van der Waals surface area contributed by atoms with Crippen LogP contribution in [0.5, 0.6) is 0 Å². The summed E-state index contributed by atoms with van der Waals surface area (Å²) in [5.74, 6) is 0. The Labute approximate surface area is 124 Å². The summed E-state index contributed by atoms with van der Waals surface area (Å²) >= 11 is 0. The van der Waals surface area contributed by atoms with Gasteiger partial charge in [0, 0.05) is 12.2 Å². The van der Waals surface area contributed by atoms with Gasteiger partial charge in [-0.25, -0.2) is 0 Å². The van der Waals surface area contributed by atoms with E-state index in [9.17, 15) is 8.42 Å². The first-order chi connectivity index (χ1) is 10.1. The van der Waals surface area contributed by atoms with Crippen LogP contribution in [0.1, 0.15) is 18.4 Å². The van der Waals surface area contributed by atoms with Gasteiger partial charge in [-0.05, 0) is 49.7 Å². The molecule has 2 aromatic rings. The first-order valence-corrected chi connectivity index (χ1v) is 8.45. The lowest BCUT2D eigenvalue weighted by atomic mass is 10.2. The number of aromatic nitrogens is 2. The minimum absolute atomic E-state index is 0.0589. The molecule has 3 rings (SSSR count). The van der Waals surface area contributed by atoms with Crippen LogP contribution < -0.4 is 4.72 Å². The van der Waals surface area contributed by atoms with Gasteiger partial charge < -0.3 is 0 Å². The van der Waals surface area contributed by atoms with Crippen molar-refractivity contribution in [2.24, 2.45) is 0 Å². The van der Waals surface area contributed by atoms with Crippen molar-refractivity contribution in [1.82, 2.24) is 15.1 Å². The fourth-order valence-corrected chi connectivity index (χ4v) is 3.45.